The molecule has 0 saturated heterocycles. The molecule has 0 atom stereocenters. The van der Waals surface area contributed by atoms with Crippen LogP contribution in [-0.2, 0) is 18.8 Å². The Morgan fingerprint density at radius 1 is 1.16 bits per heavy atom. The van der Waals surface area contributed by atoms with E-state index in [1.54, 1.807) is 34.6 Å². The van der Waals surface area contributed by atoms with Crippen LogP contribution in [0.2, 0.25) is 0 Å². The predicted molar refractivity (Wildman–Crippen MR) is 120 cm³/mol. The van der Waals surface area contributed by atoms with Gasteiger partial charge in [-0.3, -0.25) is 14.0 Å². The molecule has 0 aliphatic heterocycles. The minimum absolute atomic E-state index is 0.161. The Hall–Kier alpha value is -3.13. The van der Waals surface area contributed by atoms with Crippen molar-refractivity contribution in [2.75, 3.05) is 7.11 Å². The number of ether oxygens (including phenoxy) is 1. The standard InChI is InChI=1S/C23H23FN4O2S/c1-4-28-21-20(15(2)26-28)25-23(31-14-17-9-5-6-11-19(17)24)27(22(21)29)13-16-8-7-10-18(12-16)30-3/h5-12H,4,13-14H2,1-3H3. The summed E-state index contributed by atoms with van der Waals surface area (Å²) >= 11 is 1.34. The van der Waals surface area contributed by atoms with Crippen molar-refractivity contribution in [2.24, 2.45) is 0 Å². The van der Waals surface area contributed by atoms with E-state index in [0.29, 0.717) is 46.3 Å². The highest BCUT2D eigenvalue weighted by Gasteiger charge is 2.19. The monoisotopic (exact) mass is 438 g/mol. The zero-order valence-corrected chi connectivity index (χ0v) is 18.4. The lowest BCUT2D eigenvalue weighted by atomic mass is 10.2. The van der Waals surface area contributed by atoms with Crippen molar-refractivity contribution in [1.82, 2.24) is 19.3 Å². The van der Waals surface area contributed by atoms with Crippen LogP contribution in [0, 0.1) is 12.7 Å². The second kappa shape index (κ2) is 8.93. The fourth-order valence-corrected chi connectivity index (χ4v) is 4.46. The number of fused-ring (bicyclic) bond motifs is 1. The summed E-state index contributed by atoms with van der Waals surface area (Å²) < 4.78 is 22.8. The van der Waals surface area contributed by atoms with Gasteiger partial charge in [-0.25, -0.2) is 9.37 Å². The summed E-state index contributed by atoms with van der Waals surface area (Å²) in [7, 11) is 1.61. The molecule has 0 N–H and O–H groups in total. The van der Waals surface area contributed by atoms with E-state index < -0.39 is 0 Å². The van der Waals surface area contributed by atoms with E-state index in [9.17, 15) is 9.18 Å². The summed E-state index contributed by atoms with van der Waals surface area (Å²) in [4.78, 5) is 18.3. The molecule has 0 amide bonds. The van der Waals surface area contributed by atoms with E-state index in [4.69, 9.17) is 9.72 Å². The number of benzene rings is 2. The summed E-state index contributed by atoms with van der Waals surface area (Å²) in [5.74, 6) is 0.811. The molecule has 4 rings (SSSR count). The summed E-state index contributed by atoms with van der Waals surface area (Å²) in [5, 5.41) is 5.00. The maximum absolute atomic E-state index is 14.1. The van der Waals surface area contributed by atoms with Gasteiger partial charge in [-0.15, -0.1) is 0 Å². The quantitative estimate of drug-likeness (QED) is 0.316. The van der Waals surface area contributed by atoms with Crippen LogP contribution in [-0.4, -0.2) is 26.4 Å². The van der Waals surface area contributed by atoms with E-state index in [0.717, 1.165) is 11.3 Å². The predicted octanol–water partition coefficient (Wildman–Crippen LogP) is 4.41. The molecular weight excluding hydrogens is 415 g/mol. The highest BCUT2D eigenvalue weighted by Crippen LogP contribution is 2.25. The third-order valence-corrected chi connectivity index (χ3v) is 6.10. The molecule has 0 fully saturated rings. The van der Waals surface area contributed by atoms with Crippen molar-refractivity contribution in [3.8, 4) is 5.75 Å². The smallest absolute Gasteiger partial charge is 0.280 e. The first-order valence-corrected chi connectivity index (χ1v) is 11.0. The number of thioether (sulfide) groups is 1. The van der Waals surface area contributed by atoms with Crippen molar-refractivity contribution in [1.29, 1.82) is 0 Å². The van der Waals surface area contributed by atoms with Crippen LogP contribution in [0.3, 0.4) is 0 Å². The average Bonchev–Trinajstić information content (AvgIpc) is 3.11. The first-order valence-electron chi connectivity index (χ1n) is 9.99. The third kappa shape index (κ3) is 4.20. The van der Waals surface area contributed by atoms with Crippen LogP contribution in [0.5, 0.6) is 5.75 Å². The van der Waals surface area contributed by atoms with Crippen LogP contribution < -0.4 is 10.3 Å². The third-order valence-electron chi connectivity index (χ3n) is 5.07. The Morgan fingerprint density at radius 2 is 1.97 bits per heavy atom. The van der Waals surface area contributed by atoms with Gasteiger partial charge in [-0.1, -0.05) is 42.1 Å². The molecule has 0 unspecified atom stereocenters. The SMILES string of the molecule is CCn1nc(C)c2nc(SCc3ccccc3F)n(Cc3cccc(OC)c3)c(=O)c21. The minimum atomic E-state index is -0.271. The Balaban J connectivity index is 1.82. The number of hydrogen-bond donors (Lipinski definition) is 0. The molecule has 31 heavy (non-hydrogen) atoms. The first-order chi connectivity index (χ1) is 15.0. The fourth-order valence-electron chi connectivity index (χ4n) is 3.48. The molecule has 0 aliphatic carbocycles. The highest BCUT2D eigenvalue weighted by molar-refractivity contribution is 7.98. The number of nitrogens with zero attached hydrogens (tertiary/aromatic N) is 4. The Bertz CT molecular complexity index is 1300. The molecule has 4 aromatic rings. The van der Waals surface area contributed by atoms with E-state index in [1.165, 1.54) is 17.8 Å². The maximum Gasteiger partial charge on any atom is 0.280 e. The van der Waals surface area contributed by atoms with Gasteiger partial charge in [0.15, 0.2) is 10.7 Å². The average molecular weight is 439 g/mol. The van der Waals surface area contributed by atoms with E-state index in [-0.39, 0.29) is 11.4 Å². The number of hydrogen-bond acceptors (Lipinski definition) is 5. The molecule has 6 nitrogen and oxygen atoms in total. The lowest BCUT2D eigenvalue weighted by Crippen LogP contribution is -2.25. The molecular formula is C23H23FN4O2S. The van der Waals surface area contributed by atoms with Crippen molar-refractivity contribution in [2.45, 2.75) is 37.8 Å². The molecule has 0 spiro atoms. The Morgan fingerprint density at radius 3 is 2.71 bits per heavy atom. The van der Waals surface area contributed by atoms with Gasteiger partial charge in [0.2, 0.25) is 0 Å². The lowest BCUT2D eigenvalue weighted by Gasteiger charge is -2.13. The minimum Gasteiger partial charge on any atom is -0.497 e. The van der Waals surface area contributed by atoms with Gasteiger partial charge in [0.25, 0.3) is 5.56 Å². The Kier molecular flexibility index (Phi) is 6.08. The van der Waals surface area contributed by atoms with E-state index in [2.05, 4.69) is 5.10 Å². The summed E-state index contributed by atoms with van der Waals surface area (Å²) in [6, 6.07) is 14.2. The number of aromatic nitrogens is 4. The number of methoxy groups -OCH3 is 1. The van der Waals surface area contributed by atoms with Crippen molar-refractivity contribution < 1.29 is 9.13 Å². The van der Waals surface area contributed by atoms with Crippen LogP contribution in [0.1, 0.15) is 23.7 Å². The van der Waals surface area contributed by atoms with Gasteiger partial charge in [0, 0.05) is 12.3 Å². The second-order valence-electron chi connectivity index (χ2n) is 7.12. The van der Waals surface area contributed by atoms with Crippen molar-refractivity contribution in [3.05, 3.63) is 81.5 Å². The molecule has 8 heteroatoms. The first kappa shape index (κ1) is 21.1. The number of halogens is 1. The fraction of sp³-hybridized carbons (Fsp3) is 0.261. The molecule has 2 aromatic heterocycles. The zero-order chi connectivity index (χ0) is 22.0. The van der Waals surface area contributed by atoms with E-state index in [1.807, 2.05) is 38.1 Å². The molecule has 0 aliphatic rings. The maximum atomic E-state index is 14.1. The molecule has 0 radical (unpaired) electrons. The molecule has 160 valence electrons. The number of rotatable bonds is 7. The summed E-state index contributed by atoms with van der Waals surface area (Å²) in [5.41, 5.74) is 3.09. The van der Waals surface area contributed by atoms with Crippen LogP contribution in [0.25, 0.3) is 11.0 Å². The lowest BCUT2D eigenvalue weighted by molar-refractivity contribution is 0.414. The van der Waals surface area contributed by atoms with Gasteiger partial charge >= 0.3 is 0 Å². The molecule has 0 bridgehead atoms. The molecule has 2 aromatic carbocycles. The topological polar surface area (TPSA) is 61.9 Å². The van der Waals surface area contributed by atoms with Gasteiger partial charge in [-0.2, -0.15) is 5.10 Å². The zero-order valence-electron chi connectivity index (χ0n) is 17.6. The van der Waals surface area contributed by atoms with E-state index >= 15 is 0 Å². The van der Waals surface area contributed by atoms with Gasteiger partial charge in [0.05, 0.1) is 19.3 Å². The summed E-state index contributed by atoms with van der Waals surface area (Å²) in [6.45, 7) is 4.69. The van der Waals surface area contributed by atoms with Gasteiger partial charge in [-0.05, 0) is 43.2 Å². The summed E-state index contributed by atoms with van der Waals surface area (Å²) in [6.07, 6.45) is 0. The van der Waals surface area contributed by atoms with Gasteiger partial charge in [0.1, 0.15) is 17.1 Å². The largest absolute Gasteiger partial charge is 0.497 e. The highest BCUT2D eigenvalue weighted by atomic mass is 32.2. The van der Waals surface area contributed by atoms with Crippen LogP contribution in [0.15, 0.2) is 58.5 Å². The number of aryl methyl sites for hydroxylation is 2. The van der Waals surface area contributed by atoms with Crippen LogP contribution in [0.4, 0.5) is 4.39 Å². The molecule has 2 heterocycles. The Labute approximate surface area is 183 Å². The van der Waals surface area contributed by atoms with Crippen molar-refractivity contribution in [3.63, 3.8) is 0 Å². The van der Waals surface area contributed by atoms with Gasteiger partial charge < -0.3 is 4.74 Å². The normalized spacial score (nSPS) is 11.2. The van der Waals surface area contributed by atoms with Crippen LogP contribution >= 0.6 is 11.8 Å². The second-order valence-corrected chi connectivity index (χ2v) is 8.06. The molecule has 0 saturated carbocycles. The van der Waals surface area contributed by atoms with Crippen molar-refractivity contribution >= 4 is 22.8 Å².